The molecule has 0 bridgehead atoms. The Morgan fingerprint density at radius 1 is 0.467 bits per heavy atom. The Labute approximate surface area is 699 Å². The summed E-state index contributed by atoms with van der Waals surface area (Å²) in [6, 6.07) is 60.2. The number of hydrogen-bond acceptors (Lipinski definition) is 27. The van der Waals surface area contributed by atoms with E-state index in [9.17, 15) is 98.6 Å². The number of aliphatic hydroxyl groups excluding tert-OH is 1. The molecule has 0 aliphatic carbocycles. The number of carbonyl (C=O) groups excluding carboxylic acids is 3. The number of rotatable bonds is 25. The maximum Gasteiger partial charge on any atom is 0.269 e. The Balaban J connectivity index is 0.000000291. The Morgan fingerprint density at radius 2 is 0.808 bits per heavy atom. The molecule has 120 heavy (non-hydrogen) atoms. The van der Waals surface area contributed by atoms with E-state index in [2.05, 4.69) is 36.1 Å². The largest absolute Gasteiger partial charge is 0.399 e. The molecule has 0 atom stereocenters. The van der Waals surface area contributed by atoms with Crippen LogP contribution in [0.5, 0.6) is 0 Å². The van der Waals surface area contributed by atoms with Crippen molar-refractivity contribution in [3.05, 3.63) is 347 Å². The Hall–Kier alpha value is -12.3. The lowest BCUT2D eigenvalue weighted by Gasteiger charge is -2.14. The predicted octanol–water partition coefficient (Wildman–Crippen LogP) is 12.3. The average molecular weight is 1750 g/mol. The van der Waals surface area contributed by atoms with Crippen LogP contribution in [0.3, 0.4) is 0 Å². The van der Waals surface area contributed by atoms with Crippen LogP contribution in [-0.4, -0.2) is 138 Å². The van der Waals surface area contributed by atoms with Crippen molar-refractivity contribution in [1.82, 2.24) is 14.7 Å². The molecule has 0 fully saturated rings. The van der Waals surface area contributed by atoms with E-state index in [-0.39, 0.29) is 88.5 Å². The standard InChI is InChI=1S/C15H10N2O4.C14H18ClN3.C12H16O3S.C9H11NO4S.C9H13NO2S.C8H9NO5S.C7H8N2O2.C7H7NO3/c18-14-12-3-1-2-4-13(12)15(19)16(14)9-10-5-7-11(8-6-10)17(20)21;1-14(2,3)13-8-12(9-16)18(17-13)11-6-4-5-10(15)7-11;1-10(13)9-12-5-3-11(4-6-12)7-8-16(2,14)15;1-15(13,14)7-6-8-2-4-9(5-3-8)10(11)12;1-13(11,12)7-6-8-2-4-9(10)5-3-8;1-15(12,13)14-6-7-2-4-8(5-3-7)9(10)11;8-5-6-1-3-7(4-2-6)9(10)11;9-5-6-1-3-7(4-2-6)8(10)11/h1-8H,9H2;4-8H,9,16H2,1-3H3;3-6H,7-9H2,1-2H3;2-5H,6-7H2,1H3;2-5H,6-7,10H2,1H3;2-5H,6H2,1H3;1-4H,5,8H2;1-4,9H,5H2. The van der Waals surface area contributed by atoms with E-state index in [1.54, 1.807) is 79.7 Å². The molecule has 1 aliphatic rings. The molecule has 39 heteroatoms. The first-order valence-corrected chi connectivity index (χ1v) is 44.2. The van der Waals surface area contributed by atoms with Crippen LogP contribution in [0, 0.1) is 50.6 Å². The number of nitrogens with two attached hydrogens (primary N) is 3. The van der Waals surface area contributed by atoms with E-state index >= 15 is 0 Å². The monoisotopic (exact) mass is 1750 g/mol. The molecule has 2 heterocycles. The number of amides is 2. The van der Waals surface area contributed by atoms with Gasteiger partial charge in [0, 0.05) is 115 Å². The number of nitro benzene ring substituents is 5. The highest BCUT2D eigenvalue weighted by atomic mass is 35.5. The second-order valence-electron chi connectivity index (χ2n) is 27.6. The third kappa shape index (κ3) is 38.0. The summed E-state index contributed by atoms with van der Waals surface area (Å²) in [4.78, 5) is 85.5. The quantitative estimate of drug-likeness (QED) is 0.0136. The second kappa shape index (κ2) is 47.4. The summed E-state index contributed by atoms with van der Waals surface area (Å²) in [5, 5.41) is 65.5. The normalized spacial score (nSPS) is 11.4. The number of hydrogen-bond donors (Lipinski definition) is 4. The first kappa shape index (κ1) is 100. The summed E-state index contributed by atoms with van der Waals surface area (Å²) in [6.07, 6.45) is 6.49. The third-order valence-corrected chi connectivity index (χ3v) is 20.0. The molecule has 1 aromatic heterocycles. The molecule has 11 rings (SSSR count). The third-order valence-electron chi connectivity index (χ3n) is 16.4. The van der Waals surface area contributed by atoms with Crippen LogP contribution in [0.25, 0.3) is 5.69 Å². The maximum atomic E-state index is 12.2. The fourth-order valence-electron chi connectivity index (χ4n) is 9.91. The predicted molar refractivity (Wildman–Crippen MR) is 457 cm³/mol. The molecular weight excluding hydrogens is 1660 g/mol. The van der Waals surface area contributed by atoms with Crippen LogP contribution >= 0.6 is 11.6 Å². The van der Waals surface area contributed by atoms with Gasteiger partial charge in [-0.15, -0.1) is 0 Å². The van der Waals surface area contributed by atoms with E-state index in [4.69, 9.17) is 33.9 Å². The topological polar surface area (TPSA) is 532 Å². The van der Waals surface area contributed by atoms with E-state index in [0.717, 1.165) is 56.0 Å². The van der Waals surface area contributed by atoms with Crippen LogP contribution in [0.1, 0.15) is 104 Å². The Bertz CT molecular complexity index is 5430. The van der Waals surface area contributed by atoms with Crippen LogP contribution in [0.4, 0.5) is 34.1 Å². The van der Waals surface area contributed by atoms with Gasteiger partial charge in [0.1, 0.15) is 35.3 Å². The highest BCUT2D eigenvalue weighted by molar-refractivity contribution is 7.91. The lowest BCUT2D eigenvalue weighted by molar-refractivity contribution is -0.385. The van der Waals surface area contributed by atoms with Crippen molar-refractivity contribution >= 4 is 103 Å². The van der Waals surface area contributed by atoms with Crippen LogP contribution in [0.2, 0.25) is 5.02 Å². The van der Waals surface area contributed by atoms with Crippen LogP contribution in [-0.2, 0) is 113 Å². The zero-order valence-corrected chi connectivity index (χ0v) is 70.6. The van der Waals surface area contributed by atoms with Gasteiger partial charge in [0.25, 0.3) is 50.4 Å². The molecule has 0 radical (unpaired) electrons. The number of nitro groups is 5. The van der Waals surface area contributed by atoms with Gasteiger partial charge in [-0.3, -0.25) is 74.0 Å². The number of halogens is 1. The van der Waals surface area contributed by atoms with Gasteiger partial charge >= 0.3 is 0 Å². The van der Waals surface area contributed by atoms with Gasteiger partial charge in [0.15, 0.2) is 0 Å². The molecule has 0 saturated carbocycles. The van der Waals surface area contributed by atoms with Crippen molar-refractivity contribution in [3.63, 3.8) is 0 Å². The Morgan fingerprint density at radius 3 is 1.13 bits per heavy atom. The minimum Gasteiger partial charge on any atom is -0.399 e. The first-order chi connectivity index (χ1) is 56.1. The summed E-state index contributed by atoms with van der Waals surface area (Å²) in [5.41, 5.74) is 27.7. The molecule has 0 saturated heterocycles. The number of non-ortho nitro benzene ring substituents is 5. The van der Waals surface area contributed by atoms with Crippen molar-refractivity contribution in [1.29, 1.82) is 0 Å². The van der Waals surface area contributed by atoms with Crippen LogP contribution in [0.15, 0.2) is 224 Å². The van der Waals surface area contributed by atoms with Crippen molar-refractivity contribution in [2.24, 2.45) is 11.5 Å². The average Bonchev–Trinajstić information content (AvgIpc) is 1.63. The van der Waals surface area contributed by atoms with Gasteiger partial charge in [0.05, 0.1) is 96.1 Å². The number of nitrogen functional groups attached to an aromatic ring is 1. The van der Waals surface area contributed by atoms with Gasteiger partial charge in [0.2, 0.25) is 0 Å². The Kier molecular flexibility index (Phi) is 39.5. The summed E-state index contributed by atoms with van der Waals surface area (Å²) in [6.45, 7) is 8.73. The van der Waals surface area contributed by atoms with E-state index in [1.165, 1.54) is 104 Å². The fraction of sp³-hybridized carbons (Fsp3) is 0.259. The minimum absolute atomic E-state index is 0.00768. The molecule has 34 nitrogen and oxygen atoms in total. The number of Topliss-reactive ketones (excluding diaryl/α,β-unsaturated/α-hetero) is 1. The number of aromatic nitrogens is 2. The highest BCUT2D eigenvalue weighted by Gasteiger charge is 2.35. The van der Waals surface area contributed by atoms with Gasteiger partial charge in [-0.2, -0.15) is 13.5 Å². The second-order valence-corrected chi connectivity index (χ2v) is 36.5. The van der Waals surface area contributed by atoms with E-state index in [0.29, 0.717) is 77.3 Å². The van der Waals surface area contributed by atoms with Gasteiger partial charge < -0.3 is 22.3 Å². The SMILES string of the molecule is CC(=O)Cc1ccc(CCS(C)(=O)=O)cc1.CC(C)(C)c1cc(CN)n(-c2cccc(Cl)c2)n1.CS(=O)(=O)CCc1ccc(N)cc1.CS(=O)(=O)CCc1ccc([N+](=O)[O-])cc1.CS(=O)(=O)OCc1ccc([N+](=O)[O-])cc1.NCc1ccc([N+](=O)[O-])cc1.O=C1c2ccccc2C(=O)N1Cc1ccc([N+](=O)[O-])cc1.O=[N+]([O-])c1ccc(CO)cc1. The number of imide groups is 1. The number of carbonyl (C=O) groups is 3. The lowest BCUT2D eigenvalue weighted by Crippen LogP contribution is -2.29. The highest BCUT2D eigenvalue weighted by Crippen LogP contribution is 2.27. The van der Waals surface area contributed by atoms with E-state index < -0.39 is 64.2 Å². The number of aliphatic hydroxyl groups is 1. The van der Waals surface area contributed by atoms with Gasteiger partial charge in [-0.25, -0.2) is 29.9 Å². The molecule has 1 aliphatic heterocycles. The van der Waals surface area contributed by atoms with Crippen LogP contribution < -0.4 is 17.2 Å². The van der Waals surface area contributed by atoms with Crippen molar-refractivity contribution in [3.8, 4) is 5.69 Å². The summed E-state index contributed by atoms with van der Waals surface area (Å²) < 4.78 is 93.1. The molecule has 2 amide bonds. The van der Waals surface area contributed by atoms with Crippen molar-refractivity contribution < 1.29 is 82.0 Å². The summed E-state index contributed by atoms with van der Waals surface area (Å²) in [5.74, 6) is -0.132. The number of ketones is 1. The number of anilines is 1. The zero-order valence-electron chi connectivity index (χ0n) is 66.6. The fourth-order valence-corrected chi connectivity index (χ4v) is 12.3. The molecule has 9 aromatic carbocycles. The molecule has 7 N–H and O–H groups in total. The number of benzene rings is 9. The first-order valence-electron chi connectivity index (χ1n) is 35.8. The molecule has 640 valence electrons. The lowest BCUT2D eigenvalue weighted by atomic mass is 9.92. The summed E-state index contributed by atoms with van der Waals surface area (Å²) in [7, 11) is -12.2. The number of nitrogens with zero attached hydrogens (tertiary/aromatic N) is 8. The summed E-state index contributed by atoms with van der Waals surface area (Å²) >= 11 is 6.01. The molecule has 10 aromatic rings. The van der Waals surface area contributed by atoms with E-state index in [1.807, 2.05) is 65.3 Å². The maximum absolute atomic E-state index is 12.2. The minimum atomic E-state index is -3.48. The molecule has 0 unspecified atom stereocenters. The van der Waals surface area contributed by atoms with Crippen molar-refractivity contribution in [2.75, 3.05) is 48.0 Å². The smallest absolute Gasteiger partial charge is 0.269 e. The molecule has 0 spiro atoms. The van der Waals surface area contributed by atoms with Gasteiger partial charge in [-0.05, 0) is 143 Å². The van der Waals surface area contributed by atoms with Crippen molar-refractivity contribution in [2.45, 2.75) is 91.6 Å². The zero-order chi connectivity index (χ0) is 89.9. The number of aryl methyl sites for hydroxylation is 3. The number of fused-ring (bicyclic) bond motifs is 1. The van der Waals surface area contributed by atoms with Gasteiger partial charge in [-0.1, -0.05) is 123 Å². The molecular formula is C81H92ClN11O23S4. The number of sulfone groups is 3.